The summed E-state index contributed by atoms with van der Waals surface area (Å²) in [5, 5.41) is 41.0. The van der Waals surface area contributed by atoms with Crippen LogP contribution in [0.25, 0.3) is 0 Å². The molecule has 6 atom stereocenters. The molecule has 0 bridgehead atoms. The summed E-state index contributed by atoms with van der Waals surface area (Å²) in [6.07, 6.45) is 0. The Labute approximate surface area is 373 Å². The summed E-state index contributed by atoms with van der Waals surface area (Å²) in [6, 6.07) is 0. The average molecular weight is 949 g/mol. The van der Waals surface area contributed by atoms with Gasteiger partial charge in [-0.3, -0.25) is 27.3 Å². The topological polar surface area (TPSA) is 567 Å². The van der Waals surface area contributed by atoms with Gasteiger partial charge in [-0.1, -0.05) is 0 Å². The molecule has 0 aliphatic rings. The number of carbonyl (C=O) groups excluding carboxylic acids is 6. The predicted molar refractivity (Wildman–Crippen MR) is 139 cm³/mol. The molecular weight excluding hydrogens is 937 g/mol. The third-order valence-electron chi connectivity index (χ3n) is 4.14. The molecule has 0 aromatic rings. The molecule has 0 saturated heterocycles. The van der Waals surface area contributed by atoms with E-state index in [1.165, 1.54) is 0 Å². The number of aliphatic carboxylic acids is 6. The monoisotopic (exact) mass is 948 g/mol. The number of carboxylic acid groups (broad SMARTS) is 6. The maximum Gasteiger partial charge on any atom is 2.00 e. The number of hydrogen-bond acceptors (Lipinski definition) is 24. The number of carboxylic acids is 6. The van der Waals surface area contributed by atoms with Crippen molar-refractivity contribution in [3.05, 3.63) is 0 Å². The number of carbonyl (C=O) groups is 6. The molecular formula is C12H12Ca3O30S6. The van der Waals surface area contributed by atoms with Crippen LogP contribution < -0.4 is 30.6 Å². The Kier molecular flexibility index (Phi) is 28.7. The summed E-state index contributed by atoms with van der Waals surface area (Å²) in [7, 11) is -33.7. The molecule has 0 aromatic heterocycles. The second kappa shape index (κ2) is 23.2. The fourth-order valence-corrected chi connectivity index (χ4v) is 8.94. The zero-order valence-corrected chi connectivity index (χ0v) is 35.0. The van der Waals surface area contributed by atoms with Crippen LogP contribution in [-0.4, -0.2) is 258 Å². The molecule has 0 aliphatic heterocycles. The summed E-state index contributed by atoms with van der Waals surface area (Å²) < 4.78 is 175. The first kappa shape index (κ1) is 63.0. The molecule has 6 unspecified atom stereocenters. The van der Waals surface area contributed by atoms with Gasteiger partial charge < -0.3 is 59.4 Å². The zero-order chi connectivity index (χ0) is 39.9. The van der Waals surface area contributed by atoms with Gasteiger partial charge in [0.05, 0.1) is 35.8 Å². The second-order valence-electron chi connectivity index (χ2n) is 7.53. The van der Waals surface area contributed by atoms with Crippen molar-refractivity contribution in [1.82, 2.24) is 0 Å². The van der Waals surface area contributed by atoms with Crippen molar-refractivity contribution in [3.8, 4) is 0 Å². The van der Waals surface area contributed by atoms with Crippen LogP contribution in [0.5, 0.6) is 0 Å². The Balaban J connectivity index is -0.000000145. The SMILES string of the molecule is O=C([O-])C(C(C(=O)[O-])S(=O)(=O)O)S(=O)(=O)O.O=C([O-])C(C(C(=O)[O-])S(=O)(=O)O)S(=O)(=O)O.O=C([O-])C(C(C(=O)[O-])S(=O)(=O)O)S(=O)(=O)O.[Ca+2].[Ca+2].[Ca+2]. The van der Waals surface area contributed by atoms with Gasteiger partial charge in [0.25, 0.3) is 60.7 Å². The minimum absolute atomic E-state index is 0. The van der Waals surface area contributed by atoms with E-state index in [4.69, 9.17) is 27.3 Å². The maximum atomic E-state index is 10.4. The van der Waals surface area contributed by atoms with Crippen LogP contribution in [0.15, 0.2) is 0 Å². The summed E-state index contributed by atoms with van der Waals surface area (Å²) in [5.41, 5.74) is 0. The van der Waals surface area contributed by atoms with E-state index in [1.807, 2.05) is 0 Å². The number of hydrogen-bond donors (Lipinski definition) is 6. The van der Waals surface area contributed by atoms with Gasteiger partial charge in [-0.05, 0) is 0 Å². The molecule has 30 nitrogen and oxygen atoms in total. The van der Waals surface area contributed by atoms with E-state index >= 15 is 0 Å². The Morgan fingerprint density at radius 1 is 0.275 bits per heavy atom. The average Bonchev–Trinajstić information content (AvgIpc) is 2.73. The van der Waals surface area contributed by atoms with Crippen LogP contribution in [0, 0.1) is 0 Å². The van der Waals surface area contributed by atoms with Crippen LogP contribution in [-0.2, 0) is 89.5 Å². The molecule has 51 heavy (non-hydrogen) atoms. The van der Waals surface area contributed by atoms with Crippen molar-refractivity contribution in [2.24, 2.45) is 0 Å². The molecule has 0 radical (unpaired) electrons. The van der Waals surface area contributed by atoms with Gasteiger partial charge in [0.1, 0.15) is 0 Å². The Hall–Kier alpha value is 0.0592. The first-order chi connectivity index (χ1) is 20.7. The van der Waals surface area contributed by atoms with E-state index in [2.05, 4.69) is 0 Å². The van der Waals surface area contributed by atoms with Gasteiger partial charge in [-0.15, -0.1) is 0 Å². The molecule has 39 heteroatoms. The van der Waals surface area contributed by atoms with E-state index in [-0.39, 0.29) is 113 Å². The van der Waals surface area contributed by atoms with Crippen molar-refractivity contribution in [3.63, 3.8) is 0 Å². The summed E-state index contributed by atoms with van der Waals surface area (Å²) in [6.45, 7) is 0. The van der Waals surface area contributed by atoms with Crippen molar-refractivity contribution in [2.75, 3.05) is 0 Å². The fraction of sp³-hybridized carbons (Fsp3) is 0.500. The maximum absolute atomic E-state index is 10.4. The minimum atomic E-state index is -5.61. The number of rotatable bonds is 15. The van der Waals surface area contributed by atoms with Gasteiger partial charge in [-0.25, -0.2) is 0 Å². The summed E-state index contributed by atoms with van der Waals surface area (Å²) in [4.78, 5) is 61.3. The Morgan fingerprint density at radius 2 is 0.333 bits per heavy atom. The molecule has 0 rings (SSSR count). The molecule has 0 aromatic carbocycles. The van der Waals surface area contributed by atoms with Gasteiger partial charge in [0.2, 0.25) is 0 Å². The molecule has 0 heterocycles. The molecule has 282 valence electrons. The minimum Gasteiger partial charge on any atom is -0.549 e. The fourth-order valence-electron chi connectivity index (χ4n) is 2.41. The van der Waals surface area contributed by atoms with E-state index in [1.54, 1.807) is 0 Å². The van der Waals surface area contributed by atoms with Crippen LogP contribution in [0.4, 0.5) is 0 Å². The van der Waals surface area contributed by atoms with Crippen molar-refractivity contribution < 1.29 is 137 Å². The largest absolute Gasteiger partial charge is 2.00 e. The van der Waals surface area contributed by atoms with Crippen molar-refractivity contribution in [1.29, 1.82) is 0 Å². The molecule has 0 fully saturated rings. The van der Waals surface area contributed by atoms with Gasteiger partial charge >= 0.3 is 113 Å². The standard InChI is InChI=1S/3C4H6O10S2.3Ca/c3*5-3(6)1(15(9,10)11)2(4(7)8)16(12,13)14;;;/h3*1-2H,(H,5,6)(H,7,8)(H,9,10,11)(H,12,13,14);;;/q;;;3*+2/p-6. The first-order valence-corrected chi connectivity index (χ1v) is 18.7. The first-order valence-electron chi connectivity index (χ1n) is 9.69. The van der Waals surface area contributed by atoms with E-state index < -0.39 is 128 Å². The van der Waals surface area contributed by atoms with E-state index in [0.29, 0.717) is 0 Å². The van der Waals surface area contributed by atoms with Gasteiger partial charge in [0.15, 0.2) is 31.5 Å². The van der Waals surface area contributed by atoms with E-state index in [9.17, 15) is 110 Å². The summed E-state index contributed by atoms with van der Waals surface area (Å²) in [5.74, 6) is -16.3. The van der Waals surface area contributed by atoms with Gasteiger partial charge in [-0.2, -0.15) is 50.5 Å². The zero-order valence-electron chi connectivity index (χ0n) is 23.5. The van der Waals surface area contributed by atoms with Crippen molar-refractivity contribution >= 4 is 210 Å². The summed E-state index contributed by atoms with van der Waals surface area (Å²) >= 11 is 0. The molecule has 0 amide bonds. The Bertz CT molecular complexity index is 1590. The molecule has 0 saturated carbocycles. The van der Waals surface area contributed by atoms with Gasteiger partial charge in [0, 0.05) is 0 Å². The quantitative estimate of drug-likeness (QED) is 0.0655. The Morgan fingerprint density at radius 3 is 0.353 bits per heavy atom. The molecule has 0 aliphatic carbocycles. The van der Waals surface area contributed by atoms with Crippen LogP contribution >= 0.6 is 0 Å². The van der Waals surface area contributed by atoms with Crippen LogP contribution in [0.1, 0.15) is 0 Å². The third-order valence-corrected chi connectivity index (χ3v) is 11.3. The third kappa shape index (κ3) is 22.3. The molecule has 6 N–H and O–H groups in total. The second-order valence-corrected chi connectivity index (χ2v) is 16.8. The normalized spacial score (nSPS) is 15.4. The van der Waals surface area contributed by atoms with Crippen molar-refractivity contribution in [2.45, 2.75) is 31.5 Å². The van der Waals surface area contributed by atoms with Crippen LogP contribution in [0.2, 0.25) is 0 Å². The smallest absolute Gasteiger partial charge is 0.549 e. The van der Waals surface area contributed by atoms with Crippen LogP contribution in [0.3, 0.4) is 0 Å². The van der Waals surface area contributed by atoms with E-state index in [0.717, 1.165) is 0 Å². The molecule has 0 spiro atoms. The predicted octanol–water partition coefficient (Wildman–Crippen LogP) is -16.1.